The topological polar surface area (TPSA) is 111 Å². The standard InChI is InChI=1S/C23H22F4N6O3/c1-12-17(10-30-20(12)34)21(35)31-19-7-18(33(32-19)15-8-28-11-29-9-15)13-4-14(24)6-16(5-13)36-22(2,3)23(25,26)27/h4-9,11-12,17H,10H2,1-3H3,(H,30,34)(H,31,32,35)/t12-,17+/m1/s1. The minimum absolute atomic E-state index is 0.0766. The Morgan fingerprint density at radius 2 is 1.86 bits per heavy atom. The Hall–Kier alpha value is -4.03. The van der Waals surface area contributed by atoms with Crippen LogP contribution in [0.1, 0.15) is 20.8 Å². The number of carbonyl (C=O) groups is 2. The van der Waals surface area contributed by atoms with E-state index in [4.69, 9.17) is 4.74 Å². The second kappa shape index (κ2) is 9.21. The molecular formula is C23H22F4N6O3. The summed E-state index contributed by atoms with van der Waals surface area (Å²) in [6.07, 6.45) is -0.581. The second-order valence-electron chi connectivity index (χ2n) is 8.84. The maximum absolute atomic E-state index is 14.5. The molecule has 2 aromatic heterocycles. The fourth-order valence-electron chi connectivity index (χ4n) is 3.64. The summed E-state index contributed by atoms with van der Waals surface area (Å²) in [5, 5.41) is 9.60. The predicted molar refractivity (Wildman–Crippen MR) is 120 cm³/mol. The molecule has 9 nitrogen and oxygen atoms in total. The molecule has 1 fully saturated rings. The molecule has 0 spiro atoms. The van der Waals surface area contributed by atoms with Gasteiger partial charge in [0.25, 0.3) is 0 Å². The Balaban J connectivity index is 1.73. The zero-order chi connectivity index (χ0) is 26.3. The number of halogens is 4. The van der Waals surface area contributed by atoms with Crippen molar-refractivity contribution < 1.29 is 31.9 Å². The van der Waals surface area contributed by atoms with Crippen LogP contribution in [0.15, 0.2) is 43.0 Å². The molecule has 3 heterocycles. The van der Waals surface area contributed by atoms with Gasteiger partial charge in [-0.3, -0.25) is 9.59 Å². The van der Waals surface area contributed by atoms with E-state index in [0.29, 0.717) is 5.69 Å². The van der Waals surface area contributed by atoms with Crippen molar-refractivity contribution in [3.63, 3.8) is 0 Å². The number of nitrogens with zero attached hydrogens (tertiary/aromatic N) is 4. The lowest BCUT2D eigenvalue weighted by Gasteiger charge is -2.29. The van der Waals surface area contributed by atoms with Crippen molar-refractivity contribution in [1.82, 2.24) is 25.1 Å². The Labute approximate surface area is 202 Å². The number of nitrogens with one attached hydrogen (secondary N) is 2. The van der Waals surface area contributed by atoms with Crippen LogP contribution in [0.2, 0.25) is 0 Å². The molecule has 190 valence electrons. The Kier molecular flexibility index (Phi) is 6.41. The molecule has 0 unspecified atom stereocenters. The van der Waals surface area contributed by atoms with Gasteiger partial charge in [0.1, 0.15) is 23.6 Å². The number of ether oxygens (including phenoxy) is 1. The van der Waals surface area contributed by atoms with Crippen molar-refractivity contribution in [3.8, 4) is 22.7 Å². The molecule has 0 saturated carbocycles. The Morgan fingerprint density at radius 3 is 2.47 bits per heavy atom. The SMILES string of the molecule is C[C@H]1C(=O)NC[C@@H]1C(=O)Nc1cc(-c2cc(F)cc(OC(C)(C)C(F)(F)F)c2)n(-c2cncnc2)n1. The van der Waals surface area contributed by atoms with Crippen LogP contribution >= 0.6 is 0 Å². The molecule has 1 aliphatic heterocycles. The van der Waals surface area contributed by atoms with Crippen molar-refractivity contribution in [2.75, 3.05) is 11.9 Å². The van der Waals surface area contributed by atoms with E-state index in [9.17, 15) is 27.2 Å². The van der Waals surface area contributed by atoms with Gasteiger partial charge in [-0.15, -0.1) is 5.10 Å². The molecule has 4 rings (SSSR count). The lowest BCUT2D eigenvalue weighted by atomic mass is 9.97. The van der Waals surface area contributed by atoms with Crippen LogP contribution in [0.5, 0.6) is 5.75 Å². The van der Waals surface area contributed by atoms with Crippen molar-refractivity contribution in [3.05, 3.63) is 48.8 Å². The fraction of sp³-hybridized carbons (Fsp3) is 0.348. The van der Waals surface area contributed by atoms with E-state index in [1.807, 2.05) is 0 Å². The van der Waals surface area contributed by atoms with Crippen LogP contribution in [0.4, 0.5) is 23.4 Å². The highest BCUT2D eigenvalue weighted by Gasteiger charge is 2.50. The van der Waals surface area contributed by atoms with E-state index in [-0.39, 0.29) is 35.3 Å². The maximum Gasteiger partial charge on any atom is 0.427 e. The van der Waals surface area contributed by atoms with Gasteiger partial charge in [-0.05, 0) is 26.0 Å². The first kappa shape index (κ1) is 25.1. The first-order valence-electron chi connectivity index (χ1n) is 10.9. The molecule has 1 aromatic carbocycles. The molecule has 2 N–H and O–H groups in total. The Bertz CT molecular complexity index is 1290. The summed E-state index contributed by atoms with van der Waals surface area (Å²) in [5.41, 5.74) is -1.87. The predicted octanol–water partition coefficient (Wildman–Crippen LogP) is 3.51. The van der Waals surface area contributed by atoms with E-state index in [2.05, 4.69) is 25.7 Å². The van der Waals surface area contributed by atoms with Gasteiger partial charge in [-0.1, -0.05) is 6.92 Å². The Morgan fingerprint density at radius 1 is 1.17 bits per heavy atom. The van der Waals surface area contributed by atoms with Crippen LogP contribution in [0.25, 0.3) is 16.9 Å². The number of hydrogen-bond donors (Lipinski definition) is 2. The van der Waals surface area contributed by atoms with Crippen molar-refractivity contribution >= 4 is 17.6 Å². The quantitative estimate of drug-likeness (QED) is 0.495. The highest BCUT2D eigenvalue weighted by Crippen LogP contribution is 2.36. The van der Waals surface area contributed by atoms with Crippen molar-refractivity contribution in [2.45, 2.75) is 32.5 Å². The molecule has 0 bridgehead atoms. The number of hydrogen-bond acceptors (Lipinski definition) is 6. The zero-order valence-corrected chi connectivity index (χ0v) is 19.4. The summed E-state index contributed by atoms with van der Waals surface area (Å²) >= 11 is 0. The normalized spacial score (nSPS) is 18.1. The highest BCUT2D eigenvalue weighted by atomic mass is 19.4. The largest absolute Gasteiger partial charge is 0.478 e. The summed E-state index contributed by atoms with van der Waals surface area (Å²) in [5.74, 6) is -2.95. The highest BCUT2D eigenvalue weighted by molar-refractivity contribution is 5.98. The van der Waals surface area contributed by atoms with Crippen molar-refractivity contribution in [2.24, 2.45) is 11.8 Å². The molecule has 1 saturated heterocycles. The first-order valence-corrected chi connectivity index (χ1v) is 10.9. The monoisotopic (exact) mass is 506 g/mol. The fourth-order valence-corrected chi connectivity index (χ4v) is 3.64. The molecule has 0 radical (unpaired) electrons. The van der Waals surface area contributed by atoms with Gasteiger partial charge in [0, 0.05) is 30.2 Å². The molecule has 2 amide bonds. The molecule has 3 aromatic rings. The maximum atomic E-state index is 14.5. The molecule has 2 atom stereocenters. The summed E-state index contributed by atoms with van der Waals surface area (Å²) in [7, 11) is 0. The smallest absolute Gasteiger partial charge is 0.427 e. The average Bonchev–Trinajstić information content (AvgIpc) is 3.36. The van der Waals surface area contributed by atoms with E-state index >= 15 is 0 Å². The van der Waals surface area contributed by atoms with Gasteiger partial charge >= 0.3 is 6.18 Å². The van der Waals surface area contributed by atoms with Crippen LogP contribution in [-0.4, -0.2) is 49.9 Å². The summed E-state index contributed by atoms with van der Waals surface area (Å²) in [4.78, 5) is 32.4. The third-order valence-electron chi connectivity index (χ3n) is 5.82. The molecule has 1 aliphatic rings. The van der Waals surface area contributed by atoms with Gasteiger partial charge in [-0.25, -0.2) is 19.0 Å². The van der Waals surface area contributed by atoms with Crippen LogP contribution in [-0.2, 0) is 9.59 Å². The number of rotatable bonds is 6. The number of anilines is 1. The number of aromatic nitrogens is 4. The average molecular weight is 506 g/mol. The van der Waals surface area contributed by atoms with Crippen LogP contribution in [0, 0.1) is 17.7 Å². The lowest BCUT2D eigenvalue weighted by Crippen LogP contribution is -2.44. The minimum atomic E-state index is -4.70. The van der Waals surface area contributed by atoms with Gasteiger partial charge in [0.2, 0.25) is 11.8 Å². The summed E-state index contributed by atoms with van der Waals surface area (Å²) in [6, 6.07) is 4.60. The van der Waals surface area contributed by atoms with Crippen LogP contribution < -0.4 is 15.4 Å². The van der Waals surface area contributed by atoms with E-state index in [1.54, 1.807) is 6.92 Å². The van der Waals surface area contributed by atoms with Crippen molar-refractivity contribution in [1.29, 1.82) is 0 Å². The van der Waals surface area contributed by atoms with Gasteiger partial charge < -0.3 is 15.4 Å². The molecule has 0 aliphatic carbocycles. The minimum Gasteiger partial charge on any atom is -0.478 e. The van der Waals surface area contributed by atoms with E-state index in [1.165, 1.54) is 35.5 Å². The molecule has 36 heavy (non-hydrogen) atoms. The second-order valence-corrected chi connectivity index (χ2v) is 8.84. The van der Waals surface area contributed by atoms with Gasteiger partial charge in [0.15, 0.2) is 11.4 Å². The number of benzene rings is 1. The third kappa shape index (κ3) is 4.99. The summed E-state index contributed by atoms with van der Waals surface area (Å²) < 4.78 is 60.9. The lowest BCUT2D eigenvalue weighted by molar-refractivity contribution is -0.234. The number of alkyl halides is 3. The zero-order valence-electron chi connectivity index (χ0n) is 19.4. The summed E-state index contributed by atoms with van der Waals surface area (Å²) in [6.45, 7) is 3.47. The number of carbonyl (C=O) groups excluding carboxylic acids is 2. The molecule has 13 heteroatoms. The van der Waals surface area contributed by atoms with Gasteiger partial charge in [-0.2, -0.15) is 13.2 Å². The third-order valence-corrected chi connectivity index (χ3v) is 5.82. The van der Waals surface area contributed by atoms with Gasteiger partial charge in [0.05, 0.1) is 24.0 Å². The van der Waals surface area contributed by atoms with E-state index in [0.717, 1.165) is 26.0 Å². The molecular weight excluding hydrogens is 484 g/mol. The van der Waals surface area contributed by atoms with Crippen LogP contribution in [0.3, 0.4) is 0 Å². The first-order chi connectivity index (χ1) is 16.9. The number of amides is 2. The van der Waals surface area contributed by atoms with E-state index < -0.39 is 35.3 Å².